The van der Waals surface area contributed by atoms with E-state index in [9.17, 15) is 4.39 Å². The van der Waals surface area contributed by atoms with Gasteiger partial charge >= 0.3 is 0 Å². The van der Waals surface area contributed by atoms with Crippen molar-refractivity contribution in [3.05, 3.63) is 59.4 Å². The third-order valence-corrected chi connectivity index (χ3v) is 3.73. The Morgan fingerprint density at radius 2 is 2.05 bits per heavy atom. The van der Waals surface area contributed by atoms with Gasteiger partial charge in [0.05, 0.1) is 0 Å². The highest BCUT2D eigenvalue weighted by atomic mass is 19.1. The molecule has 0 aromatic heterocycles. The van der Waals surface area contributed by atoms with Gasteiger partial charge in [0, 0.05) is 12.0 Å². The van der Waals surface area contributed by atoms with Gasteiger partial charge in [-0.1, -0.05) is 32.0 Å². The second-order valence-electron chi connectivity index (χ2n) is 5.70. The Kier molecular flexibility index (Phi) is 3.82. The topological polar surface area (TPSA) is 18.5 Å². The number of hydrogen-bond donors (Lipinski definition) is 0. The maximum Gasteiger partial charge on any atom is 0.137 e. The summed E-state index contributed by atoms with van der Waals surface area (Å²) in [6.07, 6.45) is 0.638. The second kappa shape index (κ2) is 5.76. The van der Waals surface area contributed by atoms with Crippen LogP contribution in [0.15, 0.2) is 42.5 Å². The molecule has 0 saturated heterocycles. The first-order valence-electron chi connectivity index (χ1n) is 7.30. The third-order valence-electron chi connectivity index (χ3n) is 3.73. The van der Waals surface area contributed by atoms with Crippen LogP contribution in [0.5, 0.6) is 11.5 Å². The van der Waals surface area contributed by atoms with Crippen LogP contribution in [0.4, 0.5) is 4.39 Å². The Hall–Kier alpha value is -2.03. The fourth-order valence-corrected chi connectivity index (χ4v) is 2.65. The van der Waals surface area contributed by atoms with E-state index in [0.717, 1.165) is 17.1 Å². The number of para-hydroxylation sites is 1. The van der Waals surface area contributed by atoms with Crippen LogP contribution in [0.25, 0.3) is 0 Å². The predicted molar refractivity (Wildman–Crippen MR) is 80.5 cm³/mol. The van der Waals surface area contributed by atoms with E-state index in [2.05, 4.69) is 19.9 Å². The van der Waals surface area contributed by atoms with Crippen LogP contribution in [0, 0.1) is 5.82 Å². The average molecular weight is 286 g/mol. The molecule has 1 heterocycles. The van der Waals surface area contributed by atoms with E-state index >= 15 is 0 Å². The van der Waals surface area contributed by atoms with Crippen LogP contribution in [-0.2, 0) is 6.42 Å². The van der Waals surface area contributed by atoms with Gasteiger partial charge in [-0.2, -0.15) is 0 Å². The first-order valence-corrected chi connectivity index (χ1v) is 7.30. The number of rotatable bonds is 4. The monoisotopic (exact) mass is 286 g/mol. The molecule has 0 saturated carbocycles. The minimum atomic E-state index is -0.218. The number of ether oxygens (including phenoxy) is 2. The molecule has 1 unspecified atom stereocenters. The maximum absolute atomic E-state index is 13.2. The summed E-state index contributed by atoms with van der Waals surface area (Å²) in [5, 5.41) is 0. The van der Waals surface area contributed by atoms with Crippen LogP contribution in [0.3, 0.4) is 0 Å². The molecule has 110 valence electrons. The summed E-state index contributed by atoms with van der Waals surface area (Å²) in [4.78, 5) is 0. The molecule has 0 fully saturated rings. The maximum atomic E-state index is 13.2. The van der Waals surface area contributed by atoms with E-state index < -0.39 is 0 Å². The summed E-state index contributed by atoms with van der Waals surface area (Å²) < 4.78 is 24.9. The number of hydrogen-bond acceptors (Lipinski definition) is 2. The lowest BCUT2D eigenvalue weighted by Crippen LogP contribution is -2.22. The van der Waals surface area contributed by atoms with Crippen LogP contribution in [-0.4, -0.2) is 12.7 Å². The van der Waals surface area contributed by atoms with Crippen LogP contribution < -0.4 is 9.47 Å². The molecule has 1 atom stereocenters. The molecule has 3 heteroatoms. The molecule has 0 radical (unpaired) electrons. The summed E-state index contributed by atoms with van der Waals surface area (Å²) in [7, 11) is 0. The van der Waals surface area contributed by atoms with Gasteiger partial charge in [-0.15, -0.1) is 0 Å². The van der Waals surface area contributed by atoms with Gasteiger partial charge in [-0.25, -0.2) is 4.39 Å². The Balaban J connectivity index is 1.65. The molecule has 0 amide bonds. The highest BCUT2D eigenvalue weighted by molar-refractivity contribution is 5.38. The standard InChI is InChI=1S/C18H19FO2/c1-12(2)16-5-3-4-6-18(16)20-11-15-10-13-9-14(19)7-8-17(13)21-15/h3-9,12,15H,10-11H2,1-2H3. The molecule has 3 rings (SSSR count). The fraction of sp³-hybridized carbons (Fsp3) is 0.333. The quantitative estimate of drug-likeness (QED) is 0.832. The highest BCUT2D eigenvalue weighted by Gasteiger charge is 2.24. The Morgan fingerprint density at radius 1 is 1.24 bits per heavy atom. The lowest BCUT2D eigenvalue weighted by atomic mass is 10.0. The lowest BCUT2D eigenvalue weighted by Gasteiger charge is -2.16. The minimum absolute atomic E-state index is 0.0537. The highest BCUT2D eigenvalue weighted by Crippen LogP contribution is 2.31. The van der Waals surface area contributed by atoms with Gasteiger partial charge in [0.2, 0.25) is 0 Å². The van der Waals surface area contributed by atoms with Crippen molar-refractivity contribution >= 4 is 0 Å². The molecular weight excluding hydrogens is 267 g/mol. The summed E-state index contributed by atoms with van der Waals surface area (Å²) in [6.45, 7) is 4.76. The van der Waals surface area contributed by atoms with Gasteiger partial charge in [0.15, 0.2) is 0 Å². The molecule has 2 aromatic carbocycles. The molecule has 0 N–H and O–H groups in total. The van der Waals surface area contributed by atoms with Crippen molar-refractivity contribution in [2.24, 2.45) is 0 Å². The molecule has 0 spiro atoms. The SMILES string of the molecule is CC(C)c1ccccc1OCC1Cc2cc(F)ccc2O1. The predicted octanol–water partition coefficient (Wildman–Crippen LogP) is 4.33. The van der Waals surface area contributed by atoms with E-state index in [0.29, 0.717) is 18.9 Å². The molecule has 2 nitrogen and oxygen atoms in total. The normalized spacial score (nSPS) is 16.7. The van der Waals surface area contributed by atoms with Crippen molar-refractivity contribution in [2.45, 2.75) is 32.3 Å². The zero-order chi connectivity index (χ0) is 14.8. The van der Waals surface area contributed by atoms with Gasteiger partial charge in [-0.3, -0.25) is 0 Å². The van der Waals surface area contributed by atoms with Crippen LogP contribution in [0.2, 0.25) is 0 Å². The minimum Gasteiger partial charge on any atom is -0.489 e. The van der Waals surface area contributed by atoms with E-state index in [1.165, 1.54) is 17.7 Å². The Bertz CT molecular complexity index is 637. The zero-order valence-corrected chi connectivity index (χ0v) is 12.3. The number of halogens is 1. The molecular formula is C18H19FO2. The van der Waals surface area contributed by atoms with Crippen molar-refractivity contribution in [3.63, 3.8) is 0 Å². The van der Waals surface area contributed by atoms with E-state index in [1.54, 1.807) is 6.07 Å². The van der Waals surface area contributed by atoms with E-state index in [-0.39, 0.29) is 11.9 Å². The molecule has 0 aliphatic carbocycles. The van der Waals surface area contributed by atoms with Crippen molar-refractivity contribution in [2.75, 3.05) is 6.61 Å². The van der Waals surface area contributed by atoms with Gasteiger partial charge in [-0.05, 0) is 35.7 Å². The lowest BCUT2D eigenvalue weighted by molar-refractivity contribution is 0.147. The Labute approximate surface area is 124 Å². The van der Waals surface area contributed by atoms with Crippen LogP contribution >= 0.6 is 0 Å². The summed E-state index contributed by atoms with van der Waals surface area (Å²) in [6, 6.07) is 12.7. The summed E-state index contributed by atoms with van der Waals surface area (Å²) in [5.74, 6) is 1.86. The molecule has 2 aromatic rings. The smallest absolute Gasteiger partial charge is 0.137 e. The van der Waals surface area contributed by atoms with E-state index in [1.807, 2.05) is 18.2 Å². The number of fused-ring (bicyclic) bond motifs is 1. The van der Waals surface area contributed by atoms with Crippen molar-refractivity contribution in [1.29, 1.82) is 0 Å². The van der Waals surface area contributed by atoms with Gasteiger partial charge < -0.3 is 9.47 Å². The van der Waals surface area contributed by atoms with Crippen molar-refractivity contribution in [1.82, 2.24) is 0 Å². The molecule has 1 aliphatic rings. The van der Waals surface area contributed by atoms with Crippen molar-refractivity contribution in [3.8, 4) is 11.5 Å². The number of benzene rings is 2. The summed E-state index contributed by atoms with van der Waals surface area (Å²) in [5.41, 5.74) is 2.11. The van der Waals surface area contributed by atoms with Gasteiger partial charge in [0.25, 0.3) is 0 Å². The largest absolute Gasteiger partial charge is 0.489 e. The molecule has 1 aliphatic heterocycles. The van der Waals surface area contributed by atoms with Crippen molar-refractivity contribution < 1.29 is 13.9 Å². The molecule has 0 bridgehead atoms. The van der Waals surface area contributed by atoms with Crippen LogP contribution in [0.1, 0.15) is 30.9 Å². The molecule has 21 heavy (non-hydrogen) atoms. The van der Waals surface area contributed by atoms with Gasteiger partial charge in [0.1, 0.15) is 30.0 Å². The first kappa shape index (κ1) is 13.9. The Morgan fingerprint density at radius 3 is 2.86 bits per heavy atom. The zero-order valence-electron chi connectivity index (χ0n) is 12.3. The summed E-state index contributed by atoms with van der Waals surface area (Å²) >= 11 is 0. The third kappa shape index (κ3) is 3.02. The van der Waals surface area contributed by atoms with E-state index in [4.69, 9.17) is 9.47 Å². The second-order valence-corrected chi connectivity index (χ2v) is 5.70. The average Bonchev–Trinajstić information content (AvgIpc) is 2.87. The fourth-order valence-electron chi connectivity index (χ4n) is 2.65. The first-order chi connectivity index (χ1) is 10.1.